The highest BCUT2D eigenvalue weighted by atomic mass is 16.1. The van der Waals surface area contributed by atoms with Crippen LogP contribution in [0, 0.1) is 6.92 Å². The number of carbonyl (C=O) groups is 1. The summed E-state index contributed by atoms with van der Waals surface area (Å²) in [6.45, 7) is 8.30. The molecule has 0 atom stereocenters. The lowest BCUT2D eigenvalue weighted by Crippen LogP contribution is -2.43. The van der Waals surface area contributed by atoms with E-state index in [0.29, 0.717) is 6.42 Å². The van der Waals surface area contributed by atoms with Crippen LogP contribution in [0.15, 0.2) is 18.2 Å². The van der Waals surface area contributed by atoms with Crippen molar-refractivity contribution >= 4 is 11.5 Å². The van der Waals surface area contributed by atoms with Gasteiger partial charge < -0.3 is 10.2 Å². The summed E-state index contributed by atoms with van der Waals surface area (Å²) >= 11 is 0. The van der Waals surface area contributed by atoms with Gasteiger partial charge in [0.2, 0.25) is 0 Å². The first-order chi connectivity index (χ1) is 8.72. The summed E-state index contributed by atoms with van der Waals surface area (Å²) in [6.07, 6.45) is 1.56. The molecule has 0 radical (unpaired) electrons. The zero-order chi connectivity index (χ0) is 13.0. The maximum Gasteiger partial charge on any atom is 0.162 e. The molecule has 0 bridgehead atoms. The van der Waals surface area contributed by atoms with Crippen LogP contribution < -0.4 is 10.2 Å². The van der Waals surface area contributed by atoms with E-state index in [-0.39, 0.29) is 5.78 Å². The Hall–Kier alpha value is -1.35. The summed E-state index contributed by atoms with van der Waals surface area (Å²) in [5, 5.41) is 3.35. The Morgan fingerprint density at radius 2 is 2.06 bits per heavy atom. The highest BCUT2D eigenvalue weighted by molar-refractivity contribution is 5.96. The van der Waals surface area contributed by atoms with Gasteiger partial charge >= 0.3 is 0 Å². The molecule has 0 aliphatic carbocycles. The number of ketones is 1. The van der Waals surface area contributed by atoms with Gasteiger partial charge in [0, 0.05) is 43.9 Å². The van der Waals surface area contributed by atoms with Gasteiger partial charge in [-0.3, -0.25) is 4.79 Å². The van der Waals surface area contributed by atoms with Crippen molar-refractivity contribution in [2.75, 3.05) is 31.1 Å². The van der Waals surface area contributed by atoms with Crippen molar-refractivity contribution in [2.24, 2.45) is 0 Å². The van der Waals surface area contributed by atoms with Crippen molar-refractivity contribution in [2.45, 2.75) is 26.7 Å². The molecule has 18 heavy (non-hydrogen) atoms. The van der Waals surface area contributed by atoms with Gasteiger partial charge in [-0.05, 0) is 37.1 Å². The molecule has 0 aromatic heterocycles. The maximum atomic E-state index is 11.9. The largest absolute Gasteiger partial charge is 0.369 e. The Balaban J connectivity index is 2.16. The number of rotatable bonds is 4. The van der Waals surface area contributed by atoms with Gasteiger partial charge in [-0.15, -0.1) is 0 Å². The van der Waals surface area contributed by atoms with E-state index in [1.165, 1.54) is 11.3 Å². The standard InChI is InChI=1S/C15H22N2O/c1-3-4-15(18)13-5-6-14(12(2)11-13)17-9-7-16-8-10-17/h5-6,11,16H,3-4,7-10H2,1-2H3. The van der Waals surface area contributed by atoms with Crippen molar-refractivity contribution in [3.63, 3.8) is 0 Å². The molecule has 0 saturated carbocycles. The van der Waals surface area contributed by atoms with Crippen LogP contribution in [0.25, 0.3) is 0 Å². The molecule has 0 amide bonds. The van der Waals surface area contributed by atoms with E-state index in [2.05, 4.69) is 23.2 Å². The number of nitrogens with zero attached hydrogens (tertiary/aromatic N) is 1. The SMILES string of the molecule is CCCC(=O)c1ccc(N2CCNCC2)c(C)c1. The third-order valence-corrected chi connectivity index (χ3v) is 3.45. The molecule has 1 saturated heterocycles. The Kier molecular flexibility index (Phi) is 4.37. The number of nitrogens with one attached hydrogen (secondary N) is 1. The highest BCUT2D eigenvalue weighted by Gasteiger charge is 2.14. The molecular weight excluding hydrogens is 224 g/mol. The predicted octanol–water partition coefficient (Wildman–Crippen LogP) is 2.39. The minimum absolute atomic E-state index is 0.257. The zero-order valence-electron chi connectivity index (χ0n) is 11.3. The summed E-state index contributed by atoms with van der Waals surface area (Å²) in [5.41, 5.74) is 3.33. The third-order valence-electron chi connectivity index (χ3n) is 3.45. The van der Waals surface area contributed by atoms with Gasteiger partial charge in [0.15, 0.2) is 5.78 Å². The second-order valence-electron chi connectivity index (χ2n) is 4.91. The fourth-order valence-electron chi connectivity index (χ4n) is 2.46. The summed E-state index contributed by atoms with van der Waals surface area (Å²) in [6, 6.07) is 6.11. The predicted molar refractivity (Wildman–Crippen MR) is 75.5 cm³/mol. The molecule has 1 aliphatic heterocycles. The van der Waals surface area contributed by atoms with Crippen LogP contribution in [0.5, 0.6) is 0 Å². The van der Waals surface area contributed by atoms with Crippen LogP contribution >= 0.6 is 0 Å². The number of aryl methyl sites for hydroxylation is 1. The Labute approximate surface area is 109 Å². The second kappa shape index (κ2) is 6.01. The summed E-state index contributed by atoms with van der Waals surface area (Å²) < 4.78 is 0. The molecule has 1 aromatic carbocycles. The van der Waals surface area contributed by atoms with E-state index in [9.17, 15) is 4.79 Å². The van der Waals surface area contributed by atoms with E-state index in [4.69, 9.17) is 0 Å². The first kappa shape index (κ1) is 13.1. The first-order valence-electron chi connectivity index (χ1n) is 6.82. The monoisotopic (exact) mass is 246 g/mol. The number of piperazine rings is 1. The average Bonchev–Trinajstić information content (AvgIpc) is 2.40. The maximum absolute atomic E-state index is 11.9. The zero-order valence-corrected chi connectivity index (χ0v) is 11.3. The van der Waals surface area contributed by atoms with Gasteiger partial charge in [0.25, 0.3) is 0 Å². The fourth-order valence-corrected chi connectivity index (χ4v) is 2.46. The van der Waals surface area contributed by atoms with Gasteiger partial charge in [0.1, 0.15) is 0 Å². The van der Waals surface area contributed by atoms with Gasteiger partial charge in [-0.1, -0.05) is 6.92 Å². The van der Waals surface area contributed by atoms with Gasteiger partial charge in [-0.25, -0.2) is 0 Å². The minimum atomic E-state index is 0.257. The van der Waals surface area contributed by atoms with Crippen LogP contribution in [0.2, 0.25) is 0 Å². The Morgan fingerprint density at radius 1 is 1.33 bits per heavy atom. The van der Waals surface area contributed by atoms with E-state index >= 15 is 0 Å². The minimum Gasteiger partial charge on any atom is -0.369 e. The molecule has 1 N–H and O–H groups in total. The smallest absolute Gasteiger partial charge is 0.162 e. The van der Waals surface area contributed by atoms with E-state index < -0.39 is 0 Å². The Bertz CT molecular complexity index is 423. The number of carbonyl (C=O) groups excluding carboxylic acids is 1. The summed E-state index contributed by atoms with van der Waals surface area (Å²) in [4.78, 5) is 14.2. The number of hydrogen-bond donors (Lipinski definition) is 1. The molecule has 3 nitrogen and oxygen atoms in total. The van der Waals surface area contributed by atoms with Crippen LogP contribution in [0.4, 0.5) is 5.69 Å². The highest BCUT2D eigenvalue weighted by Crippen LogP contribution is 2.22. The van der Waals surface area contributed by atoms with E-state index in [1.807, 2.05) is 19.1 Å². The normalized spacial score (nSPS) is 15.8. The van der Waals surface area contributed by atoms with Crippen LogP contribution in [-0.2, 0) is 0 Å². The molecule has 3 heteroatoms. The number of hydrogen-bond acceptors (Lipinski definition) is 3. The lowest BCUT2D eigenvalue weighted by atomic mass is 10.0. The third kappa shape index (κ3) is 2.91. The molecule has 1 fully saturated rings. The summed E-state index contributed by atoms with van der Waals surface area (Å²) in [5.74, 6) is 0.257. The van der Waals surface area contributed by atoms with Crippen LogP contribution in [0.3, 0.4) is 0 Å². The Morgan fingerprint density at radius 3 is 2.67 bits per heavy atom. The van der Waals surface area contributed by atoms with Crippen LogP contribution in [-0.4, -0.2) is 32.0 Å². The fraction of sp³-hybridized carbons (Fsp3) is 0.533. The topological polar surface area (TPSA) is 32.3 Å². The lowest BCUT2D eigenvalue weighted by Gasteiger charge is -2.30. The second-order valence-corrected chi connectivity index (χ2v) is 4.91. The molecule has 1 aromatic rings. The molecule has 2 rings (SSSR count). The van der Waals surface area contributed by atoms with E-state index in [0.717, 1.165) is 38.2 Å². The lowest BCUT2D eigenvalue weighted by molar-refractivity contribution is 0.0981. The quantitative estimate of drug-likeness (QED) is 0.828. The molecule has 1 heterocycles. The van der Waals surface area contributed by atoms with Gasteiger partial charge in [0.05, 0.1) is 0 Å². The summed E-state index contributed by atoms with van der Waals surface area (Å²) in [7, 11) is 0. The molecule has 1 aliphatic rings. The van der Waals surface area contributed by atoms with Crippen molar-refractivity contribution < 1.29 is 4.79 Å². The molecular formula is C15H22N2O. The first-order valence-corrected chi connectivity index (χ1v) is 6.82. The molecule has 0 unspecified atom stereocenters. The number of Topliss-reactive ketones (excluding diaryl/α,β-unsaturated/α-hetero) is 1. The molecule has 98 valence electrons. The van der Waals surface area contributed by atoms with Crippen molar-refractivity contribution in [1.82, 2.24) is 5.32 Å². The van der Waals surface area contributed by atoms with Crippen molar-refractivity contribution in [3.05, 3.63) is 29.3 Å². The van der Waals surface area contributed by atoms with E-state index in [1.54, 1.807) is 0 Å². The van der Waals surface area contributed by atoms with Crippen molar-refractivity contribution in [3.8, 4) is 0 Å². The number of anilines is 1. The van der Waals surface area contributed by atoms with Crippen molar-refractivity contribution in [1.29, 1.82) is 0 Å². The van der Waals surface area contributed by atoms with Gasteiger partial charge in [-0.2, -0.15) is 0 Å². The number of benzene rings is 1. The molecule has 0 spiro atoms. The average molecular weight is 246 g/mol. The van der Waals surface area contributed by atoms with Crippen LogP contribution in [0.1, 0.15) is 35.7 Å².